The lowest BCUT2D eigenvalue weighted by atomic mass is 10.1. The van der Waals surface area contributed by atoms with E-state index in [2.05, 4.69) is 5.32 Å². The second-order valence-electron chi connectivity index (χ2n) is 5.55. The number of ether oxygens (including phenoxy) is 3. The SMILES string of the molecule is CCOC(=O)c1c(NC(=O)COc2cccc(OC)c2)sc(C(C)=O)c1C. The quantitative estimate of drug-likeness (QED) is 0.547. The monoisotopic (exact) mass is 391 g/mol. The number of esters is 1. The van der Waals surface area contributed by atoms with E-state index < -0.39 is 11.9 Å². The fraction of sp³-hybridized carbons (Fsp3) is 0.316. The van der Waals surface area contributed by atoms with Gasteiger partial charge >= 0.3 is 5.97 Å². The Hall–Kier alpha value is -2.87. The molecule has 0 saturated heterocycles. The largest absolute Gasteiger partial charge is 0.497 e. The van der Waals surface area contributed by atoms with Gasteiger partial charge in [0.25, 0.3) is 5.91 Å². The van der Waals surface area contributed by atoms with Gasteiger partial charge in [-0.15, -0.1) is 11.3 Å². The van der Waals surface area contributed by atoms with E-state index in [4.69, 9.17) is 14.2 Å². The summed E-state index contributed by atoms with van der Waals surface area (Å²) in [5.74, 6) is -0.141. The molecule has 0 radical (unpaired) electrons. The van der Waals surface area contributed by atoms with E-state index in [0.29, 0.717) is 21.9 Å². The first kappa shape index (κ1) is 20.4. The molecule has 8 heteroatoms. The molecule has 0 bridgehead atoms. The Morgan fingerprint density at radius 3 is 2.52 bits per heavy atom. The van der Waals surface area contributed by atoms with Crippen LogP contribution in [-0.2, 0) is 9.53 Å². The molecule has 0 aliphatic carbocycles. The summed E-state index contributed by atoms with van der Waals surface area (Å²) < 4.78 is 15.6. The van der Waals surface area contributed by atoms with Gasteiger partial charge in [-0.25, -0.2) is 4.79 Å². The molecular weight excluding hydrogens is 370 g/mol. The fourth-order valence-corrected chi connectivity index (χ4v) is 3.50. The molecule has 1 heterocycles. The number of rotatable bonds is 8. The summed E-state index contributed by atoms with van der Waals surface area (Å²) in [5.41, 5.74) is 0.691. The maximum Gasteiger partial charge on any atom is 0.341 e. The van der Waals surface area contributed by atoms with E-state index in [1.165, 1.54) is 14.0 Å². The molecule has 0 atom stereocenters. The first-order chi connectivity index (χ1) is 12.9. The van der Waals surface area contributed by atoms with Crippen molar-refractivity contribution in [2.45, 2.75) is 20.8 Å². The molecular formula is C19H21NO6S. The predicted molar refractivity (Wildman–Crippen MR) is 102 cm³/mol. The second-order valence-corrected chi connectivity index (χ2v) is 6.57. The molecule has 0 saturated carbocycles. The van der Waals surface area contributed by atoms with Crippen molar-refractivity contribution < 1.29 is 28.6 Å². The van der Waals surface area contributed by atoms with Crippen LogP contribution in [0.4, 0.5) is 5.00 Å². The number of methoxy groups -OCH3 is 1. The van der Waals surface area contributed by atoms with E-state index in [9.17, 15) is 14.4 Å². The minimum Gasteiger partial charge on any atom is -0.497 e. The Labute approximate surface area is 161 Å². The molecule has 1 N–H and O–H groups in total. The number of amides is 1. The molecule has 144 valence electrons. The molecule has 0 aliphatic heterocycles. The number of thiophene rings is 1. The van der Waals surface area contributed by atoms with Crippen LogP contribution in [0.25, 0.3) is 0 Å². The highest BCUT2D eigenvalue weighted by atomic mass is 32.1. The fourth-order valence-electron chi connectivity index (χ4n) is 2.39. The summed E-state index contributed by atoms with van der Waals surface area (Å²) >= 11 is 1.05. The minimum absolute atomic E-state index is 0.184. The Morgan fingerprint density at radius 1 is 1.19 bits per heavy atom. The minimum atomic E-state index is -0.581. The molecule has 0 aliphatic rings. The number of anilines is 1. The van der Waals surface area contributed by atoms with E-state index in [-0.39, 0.29) is 29.6 Å². The van der Waals surface area contributed by atoms with E-state index in [1.807, 2.05) is 0 Å². The van der Waals surface area contributed by atoms with E-state index >= 15 is 0 Å². The number of nitrogens with one attached hydrogen (secondary N) is 1. The Morgan fingerprint density at radius 2 is 1.89 bits per heavy atom. The van der Waals surface area contributed by atoms with Gasteiger partial charge in [0.1, 0.15) is 16.5 Å². The van der Waals surface area contributed by atoms with Crippen LogP contribution >= 0.6 is 11.3 Å². The van der Waals surface area contributed by atoms with Crippen LogP contribution in [0.2, 0.25) is 0 Å². The maximum atomic E-state index is 12.3. The molecule has 2 aromatic rings. The van der Waals surface area contributed by atoms with Crippen LogP contribution in [0.1, 0.15) is 39.4 Å². The van der Waals surface area contributed by atoms with Gasteiger partial charge in [-0.1, -0.05) is 6.07 Å². The zero-order valence-electron chi connectivity index (χ0n) is 15.6. The Bertz CT molecular complexity index is 858. The molecule has 0 unspecified atom stereocenters. The van der Waals surface area contributed by atoms with Gasteiger partial charge in [0.2, 0.25) is 0 Å². The van der Waals surface area contributed by atoms with Gasteiger partial charge in [0.15, 0.2) is 12.4 Å². The van der Waals surface area contributed by atoms with Gasteiger partial charge in [-0.3, -0.25) is 9.59 Å². The van der Waals surface area contributed by atoms with Crippen LogP contribution in [0.3, 0.4) is 0 Å². The number of benzene rings is 1. The third-order valence-electron chi connectivity index (χ3n) is 3.61. The molecule has 0 spiro atoms. The zero-order chi connectivity index (χ0) is 20.0. The number of carbonyl (C=O) groups excluding carboxylic acids is 3. The lowest BCUT2D eigenvalue weighted by Crippen LogP contribution is -2.21. The van der Waals surface area contributed by atoms with Crippen LogP contribution in [0.15, 0.2) is 24.3 Å². The molecule has 27 heavy (non-hydrogen) atoms. The predicted octanol–water partition coefficient (Wildman–Crippen LogP) is 3.46. The lowest BCUT2D eigenvalue weighted by Gasteiger charge is -2.09. The third kappa shape index (κ3) is 5.07. The van der Waals surface area contributed by atoms with Crippen molar-refractivity contribution in [3.63, 3.8) is 0 Å². The number of ketones is 1. The van der Waals surface area contributed by atoms with Gasteiger partial charge < -0.3 is 19.5 Å². The van der Waals surface area contributed by atoms with Crippen LogP contribution in [-0.4, -0.2) is 38.0 Å². The summed E-state index contributed by atoms with van der Waals surface area (Å²) in [6, 6.07) is 6.85. The van der Waals surface area contributed by atoms with E-state index in [0.717, 1.165) is 11.3 Å². The summed E-state index contributed by atoms with van der Waals surface area (Å²) in [5, 5.41) is 2.91. The summed E-state index contributed by atoms with van der Waals surface area (Å²) in [4.78, 5) is 36.7. The molecule has 0 fully saturated rings. The number of carbonyl (C=O) groups is 3. The van der Waals surface area contributed by atoms with Crippen molar-refractivity contribution in [1.29, 1.82) is 0 Å². The van der Waals surface area contributed by atoms with Crippen molar-refractivity contribution in [2.24, 2.45) is 0 Å². The van der Waals surface area contributed by atoms with Crippen LogP contribution in [0, 0.1) is 6.92 Å². The second kappa shape index (κ2) is 9.18. The van der Waals surface area contributed by atoms with Gasteiger partial charge in [0.05, 0.1) is 24.2 Å². The van der Waals surface area contributed by atoms with Gasteiger partial charge in [0, 0.05) is 6.07 Å². The van der Waals surface area contributed by atoms with Crippen molar-refractivity contribution in [1.82, 2.24) is 0 Å². The molecule has 1 aromatic carbocycles. The average molecular weight is 391 g/mol. The topological polar surface area (TPSA) is 90.9 Å². The third-order valence-corrected chi connectivity index (χ3v) is 4.92. The molecule has 1 aromatic heterocycles. The maximum absolute atomic E-state index is 12.3. The average Bonchev–Trinajstić information content (AvgIpc) is 2.96. The van der Waals surface area contributed by atoms with Crippen molar-refractivity contribution in [2.75, 3.05) is 25.6 Å². The first-order valence-electron chi connectivity index (χ1n) is 8.25. The number of hydrogen-bond donors (Lipinski definition) is 1. The molecule has 2 rings (SSSR count). The summed E-state index contributed by atoms with van der Waals surface area (Å²) in [6.07, 6.45) is 0. The number of hydrogen-bond acceptors (Lipinski definition) is 7. The Kier molecular flexibility index (Phi) is 6.95. The Balaban J connectivity index is 2.15. The van der Waals surface area contributed by atoms with Crippen molar-refractivity contribution in [3.8, 4) is 11.5 Å². The summed E-state index contributed by atoms with van der Waals surface area (Å²) in [7, 11) is 1.54. The standard InChI is InChI=1S/C19H21NO6S/c1-5-25-19(23)16-11(2)17(12(3)21)27-18(16)20-15(22)10-26-14-8-6-7-13(9-14)24-4/h6-9H,5,10H2,1-4H3,(H,20,22). The highest BCUT2D eigenvalue weighted by molar-refractivity contribution is 7.18. The van der Waals surface area contributed by atoms with Crippen molar-refractivity contribution >= 4 is 34.0 Å². The van der Waals surface area contributed by atoms with E-state index in [1.54, 1.807) is 38.1 Å². The molecule has 7 nitrogen and oxygen atoms in total. The first-order valence-corrected chi connectivity index (χ1v) is 9.07. The van der Waals surface area contributed by atoms with Gasteiger partial charge in [-0.2, -0.15) is 0 Å². The lowest BCUT2D eigenvalue weighted by molar-refractivity contribution is -0.118. The number of Topliss-reactive ketones (excluding diaryl/α,β-unsaturated/α-hetero) is 1. The molecule has 1 amide bonds. The smallest absolute Gasteiger partial charge is 0.341 e. The highest BCUT2D eigenvalue weighted by Crippen LogP contribution is 2.34. The highest BCUT2D eigenvalue weighted by Gasteiger charge is 2.25. The zero-order valence-corrected chi connectivity index (χ0v) is 16.4. The normalized spacial score (nSPS) is 10.2. The van der Waals surface area contributed by atoms with Crippen LogP contribution in [0.5, 0.6) is 11.5 Å². The van der Waals surface area contributed by atoms with Crippen LogP contribution < -0.4 is 14.8 Å². The summed E-state index contributed by atoms with van der Waals surface area (Å²) in [6.45, 7) is 4.68. The van der Waals surface area contributed by atoms with Crippen molar-refractivity contribution in [3.05, 3.63) is 40.3 Å². The van der Waals surface area contributed by atoms with Gasteiger partial charge in [-0.05, 0) is 38.5 Å².